The van der Waals surface area contributed by atoms with E-state index < -0.39 is 0 Å². The molecule has 1 saturated heterocycles. The molecule has 2 aromatic rings. The van der Waals surface area contributed by atoms with Gasteiger partial charge in [0, 0.05) is 54.7 Å². The van der Waals surface area contributed by atoms with Crippen LogP contribution in [-0.4, -0.2) is 45.1 Å². The molecule has 6 nitrogen and oxygen atoms in total. The lowest BCUT2D eigenvalue weighted by molar-refractivity contribution is -0.109. The first-order valence-electron chi connectivity index (χ1n) is 11.0. The van der Waals surface area contributed by atoms with Crippen molar-refractivity contribution in [3.8, 4) is 0 Å². The van der Waals surface area contributed by atoms with Gasteiger partial charge in [-0.15, -0.1) is 0 Å². The Bertz CT molecular complexity index is 904. The molecule has 1 aliphatic rings. The third kappa shape index (κ3) is 4.49. The largest absolute Gasteiger partial charge is 0.375 e. The fourth-order valence-electron chi connectivity index (χ4n) is 4.77. The van der Waals surface area contributed by atoms with Crippen LogP contribution < -0.4 is 5.56 Å². The molecule has 0 amide bonds. The van der Waals surface area contributed by atoms with Gasteiger partial charge in [0.15, 0.2) is 0 Å². The summed E-state index contributed by atoms with van der Waals surface area (Å²) in [5.41, 5.74) is 1.72. The molecule has 30 heavy (non-hydrogen) atoms. The maximum atomic E-state index is 11.7. The van der Waals surface area contributed by atoms with Crippen molar-refractivity contribution in [3.05, 3.63) is 58.0 Å². The Morgan fingerprint density at radius 2 is 1.97 bits per heavy atom. The molecule has 2 aromatic heterocycles. The van der Waals surface area contributed by atoms with Gasteiger partial charge in [0.1, 0.15) is 5.82 Å². The van der Waals surface area contributed by atoms with E-state index in [1.54, 1.807) is 6.20 Å². The van der Waals surface area contributed by atoms with Crippen molar-refractivity contribution >= 4 is 0 Å². The Balaban J connectivity index is 1.86. The second-order valence-electron chi connectivity index (χ2n) is 9.52. The van der Waals surface area contributed by atoms with Crippen LogP contribution >= 0.6 is 0 Å². The molecule has 3 rings (SSSR count). The monoisotopic (exact) mass is 412 g/mol. The van der Waals surface area contributed by atoms with Crippen molar-refractivity contribution in [2.75, 3.05) is 19.7 Å². The van der Waals surface area contributed by atoms with Gasteiger partial charge in [-0.1, -0.05) is 6.07 Å². The predicted octanol–water partition coefficient (Wildman–Crippen LogP) is 3.85. The number of aromatic nitrogens is 3. The number of aryl methyl sites for hydroxylation is 2. The number of hydrogen-bond acceptors (Lipinski definition) is 5. The molecule has 0 aromatic carbocycles. The Morgan fingerprint density at radius 1 is 1.20 bits per heavy atom. The average Bonchev–Trinajstić information content (AvgIpc) is 3.14. The number of ether oxygens (including phenoxy) is 1. The lowest BCUT2D eigenvalue weighted by Crippen LogP contribution is -2.50. The molecule has 0 bridgehead atoms. The molecular formula is C24H36N4O2. The smallest absolute Gasteiger partial charge is 0.250 e. The van der Waals surface area contributed by atoms with Crippen LogP contribution in [0, 0.1) is 12.3 Å². The molecule has 0 aliphatic carbocycles. The van der Waals surface area contributed by atoms with E-state index in [2.05, 4.69) is 66.6 Å². The van der Waals surface area contributed by atoms with E-state index in [1.165, 1.54) is 11.6 Å². The average molecular weight is 413 g/mol. The van der Waals surface area contributed by atoms with Gasteiger partial charge in [-0.2, -0.15) is 0 Å². The molecule has 0 saturated carbocycles. The van der Waals surface area contributed by atoms with E-state index in [9.17, 15) is 4.79 Å². The van der Waals surface area contributed by atoms with Gasteiger partial charge in [0.25, 0.3) is 5.56 Å². The van der Waals surface area contributed by atoms with E-state index in [0.717, 1.165) is 43.9 Å². The first kappa shape index (κ1) is 22.6. The minimum Gasteiger partial charge on any atom is -0.375 e. The summed E-state index contributed by atoms with van der Waals surface area (Å²) in [4.78, 5) is 26.0. The summed E-state index contributed by atoms with van der Waals surface area (Å²) in [5.74, 6) is 0.745. The van der Waals surface area contributed by atoms with Gasteiger partial charge in [0.2, 0.25) is 0 Å². The van der Waals surface area contributed by atoms with Gasteiger partial charge >= 0.3 is 0 Å². The summed E-state index contributed by atoms with van der Waals surface area (Å²) < 4.78 is 6.28. The maximum absolute atomic E-state index is 11.7. The van der Waals surface area contributed by atoms with Crippen LogP contribution in [0.1, 0.15) is 64.5 Å². The van der Waals surface area contributed by atoms with Crippen molar-refractivity contribution in [2.45, 2.75) is 71.9 Å². The molecule has 0 spiro atoms. The third-order valence-electron chi connectivity index (χ3n) is 7.11. The van der Waals surface area contributed by atoms with Crippen molar-refractivity contribution in [1.82, 2.24) is 19.9 Å². The van der Waals surface area contributed by atoms with Gasteiger partial charge in [-0.3, -0.25) is 14.7 Å². The number of H-pyrrole nitrogens is 1. The summed E-state index contributed by atoms with van der Waals surface area (Å²) in [6.45, 7) is 15.7. The molecule has 164 valence electrons. The second kappa shape index (κ2) is 8.60. The number of pyridine rings is 1. The highest BCUT2D eigenvalue weighted by Crippen LogP contribution is 2.49. The summed E-state index contributed by atoms with van der Waals surface area (Å²) in [7, 11) is 0. The Hall–Kier alpha value is -2.05. The molecule has 1 aliphatic heterocycles. The van der Waals surface area contributed by atoms with E-state index in [0.29, 0.717) is 6.61 Å². The van der Waals surface area contributed by atoms with E-state index in [4.69, 9.17) is 4.74 Å². The SMILES string of the molecule is CCOC(C)(C)C1(CCc2nccc(=O)[nH]2)CCN(C(C)(C)c2ccc(C)nc2)C1. The first-order chi connectivity index (χ1) is 14.1. The zero-order valence-corrected chi connectivity index (χ0v) is 19.3. The summed E-state index contributed by atoms with van der Waals surface area (Å²) in [5, 5.41) is 0. The molecule has 3 heterocycles. The summed E-state index contributed by atoms with van der Waals surface area (Å²) in [6.07, 6.45) is 6.27. The first-order valence-corrected chi connectivity index (χ1v) is 11.0. The highest BCUT2D eigenvalue weighted by Gasteiger charge is 2.52. The second-order valence-corrected chi connectivity index (χ2v) is 9.52. The van der Waals surface area contributed by atoms with Crippen molar-refractivity contribution in [2.24, 2.45) is 5.41 Å². The van der Waals surface area contributed by atoms with Gasteiger partial charge in [-0.25, -0.2) is 4.98 Å². The van der Waals surface area contributed by atoms with Gasteiger partial charge in [-0.05, 0) is 72.6 Å². The van der Waals surface area contributed by atoms with E-state index >= 15 is 0 Å². The van der Waals surface area contributed by atoms with E-state index in [-0.39, 0.29) is 22.1 Å². The minimum atomic E-state index is -0.285. The number of rotatable bonds is 8. The van der Waals surface area contributed by atoms with Crippen LogP contribution in [0.25, 0.3) is 0 Å². The predicted molar refractivity (Wildman–Crippen MR) is 120 cm³/mol. The van der Waals surface area contributed by atoms with Crippen LogP contribution in [0.15, 0.2) is 35.4 Å². The number of hydrogen-bond donors (Lipinski definition) is 1. The molecular weight excluding hydrogens is 376 g/mol. The number of nitrogens with one attached hydrogen (secondary N) is 1. The third-order valence-corrected chi connectivity index (χ3v) is 7.11. The van der Waals surface area contributed by atoms with Crippen LogP contribution in [0.3, 0.4) is 0 Å². The topological polar surface area (TPSA) is 71.1 Å². The number of aromatic amines is 1. The molecule has 1 unspecified atom stereocenters. The van der Waals surface area contributed by atoms with Crippen LogP contribution in [0.5, 0.6) is 0 Å². The fourth-order valence-corrected chi connectivity index (χ4v) is 4.77. The van der Waals surface area contributed by atoms with Crippen molar-refractivity contribution < 1.29 is 4.74 Å². The van der Waals surface area contributed by atoms with Gasteiger partial charge < -0.3 is 9.72 Å². The Kier molecular flexibility index (Phi) is 6.48. The fraction of sp³-hybridized carbons (Fsp3) is 0.625. The molecule has 1 N–H and O–H groups in total. The zero-order valence-electron chi connectivity index (χ0n) is 19.3. The zero-order chi connectivity index (χ0) is 22.0. The van der Waals surface area contributed by atoms with Gasteiger partial charge in [0.05, 0.1) is 5.60 Å². The van der Waals surface area contributed by atoms with E-state index in [1.807, 2.05) is 13.1 Å². The van der Waals surface area contributed by atoms with Crippen LogP contribution in [-0.2, 0) is 16.7 Å². The molecule has 6 heteroatoms. The summed E-state index contributed by atoms with van der Waals surface area (Å²) >= 11 is 0. The van der Waals surface area contributed by atoms with Crippen LogP contribution in [0.4, 0.5) is 0 Å². The normalized spacial score (nSPS) is 20.6. The maximum Gasteiger partial charge on any atom is 0.250 e. The quantitative estimate of drug-likeness (QED) is 0.713. The standard InChI is InChI=1S/C24H36N4O2/c1-7-30-23(5,6)24(12-10-20-25-14-11-21(29)27-20)13-15-28(17-24)22(3,4)19-9-8-18(2)26-16-19/h8-9,11,14,16H,7,10,12-13,15,17H2,1-6H3,(H,25,27,29). The van der Waals surface area contributed by atoms with Crippen molar-refractivity contribution in [1.29, 1.82) is 0 Å². The highest BCUT2D eigenvalue weighted by atomic mass is 16.5. The number of likely N-dealkylation sites (tertiary alicyclic amines) is 1. The highest BCUT2D eigenvalue weighted by molar-refractivity contribution is 5.22. The van der Waals surface area contributed by atoms with Crippen LogP contribution in [0.2, 0.25) is 0 Å². The molecule has 1 atom stereocenters. The molecule has 1 fully saturated rings. The lowest BCUT2D eigenvalue weighted by Gasteiger charge is -2.46. The molecule has 0 radical (unpaired) electrons. The Morgan fingerprint density at radius 3 is 2.60 bits per heavy atom. The van der Waals surface area contributed by atoms with Crippen molar-refractivity contribution in [3.63, 3.8) is 0 Å². The summed E-state index contributed by atoms with van der Waals surface area (Å²) in [6, 6.07) is 5.73. The lowest BCUT2D eigenvalue weighted by atomic mass is 9.69. The Labute approximate surface area is 180 Å². The number of nitrogens with zero attached hydrogens (tertiary/aromatic N) is 3. The minimum absolute atomic E-state index is 0.0349.